The average molecular weight is 375 g/mol. The van der Waals surface area contributed by atoms with Crippen molar-refractivity contribution in [2.45, 2.75) is 98.3 Å². The molecule has 4 saturated carbocycles. The van der Waals surface area contributed by atoms with Crippen LogP contribution in [0.25, 0.3) is 0 Å². The van der Waals surface area contributed by atoms with Gasteiger partial charge in [-0.15, -0.1) is 0 Å². The van der Waals surface area contributed by atoms with Gasteiger partial charge in [0.2, 0.25) is 0 Å². The molecule has 2 heteroatoms. The maximum Gasteiger partial charge on any atom is 0.306 e. The first-order valence-corrected chi connectivity index (χ1v) is 12.0. The zero-order valence-corrected chi connectivity index (χ0v) is 18.2. The Balaban J connectivity index is 1.52. The zero-order chi connectivity index (χ0) is 19.4. The van der Waals surface area contributed by atoms with Crippen LogP contribution in [0.15, 0.2) is 0 Å². The van der Waals surface area contributed by atoms with Gasteiger partial charge in [0.05, 0.1) is 5.92 Å². The summed E-state index contributed by atoms with van der Waals surface area (Å²) in [7, 11) is 0. The quantitative estimate of drug-likeness (QED) is 0.588. The summed E-state index contributed by atoms with van der Waals surface area (Å²) in [5.74, 6) is 4.31. The van der Waals surface area contributed by atoms with Crippen molar-refractivity contribution >= 4 is 5.97 Å². The fraction of sp³-hybridized carbons (Fsp3) is 0.960. The number of rotatable bonds is 4. The first-order chi connectivity index (χ1) is 12.8. The summed E-state index contributed by atoms with van der Waals surface area (Å²) < 4.78 is 0. The predicted octanol–water partition coefficient (Wildman–Crippen LogP) is 6.78. The third kappa shape index (κ3) is 3.08. The van der Waals surface area contributed by atoms with E-state index in [-0.39, 0.29) is 5.92 Å². The summed E-state index contributed by atoms with van der Waals surface area (Å²) in [6, 6.07) is 0. The minimum absolute atomic E-state index is 0.199. The van der Waals surface area contributed by atoms with Crippen molar-refractivity contribution < 1.29 is 9.90 Å². The molecule has 4 aliphatic rings. The van der Waals surface area contributed by atoms with Crippen molar-refractivity contribution in [3.05, 3.63) is 0 Å². The molecule has 0 radical (unpaired) electrons. The van der Waals surface area contributed by atoms with Gasteiger partial charge < -0.3 is 5.11 Å². The van der Waals surface area contributed by atoms with Crippen LogP contribution in [0.3, 0.4) is 0 Å². The summed E-state index contributed by atoms with van der Waals surface area (Å²) >= 11 is 0. The molecule has 4 rings (SSSR count). The molecule has 0 amide bonds. The van der Waals surface area contributed by atoms with E-state index in [0.717, 1.165) is 36.0 Å². The standard InChI is InChI=1S/C25H42O2/c1-16(15-17(2)23(26)27)20-10-11-21-19-9-8-18-7-5-6-13-24(18,3)22(19)12-14-25(20,21)4/h16-22H,5-15H2,1-4H3,(H,26,27)/t16-,17?,18?,19+,20-,21+,22+,24+,25-/m1/s1. The van der Waals surface area contributed by atoms with Crippen LogP contribution < -0.4 is 0 Å². The lowest BCUT2D eigenvalue weighted by Gasteiger charge is -2.61. The van der Waals surface area contributed by atoms with Gasteiger partial charge in [0.25, 0.3) is 0 Å². The molecule has 0 spiro atoms. The van der Waals surface area contributed by atoms with Crippen molar-refractivity contribution in [2.75, 3.05) is 0 Å². The number of hydrogen-bond acceptors (Lipinski definition) is 1. The van der Waals surface area contributed by atoms with E-state index in [1.807, 2.05) is 6.92 Å². The Kier molecular flexibility index (Phi) is 5.17. The molecule has 1 N–H and O–H groups in total. The van der Waals surface area contributed by atoms with E-state index in [1.165, 1.54) is 64.2 Å². The SMILES string of the molecule is CC(C[C@@H](C)[C@H]1CC[C@H]2[C@@H]3CCC4CCCC[C@]4(C)[C@H]3CC[C@]12C)C(=O)O. The molecule has 0 saturated heterocycles. The molecule has 0 bridgehead atoms. The molecular formula is C25H42O2. The van der Waals surface area contributed by atoms with E-state index < -0.39 is 5.97 Å². The highest BCUT2D eigenvalue weighted by molar-refractivity contribution is 5.69. The lowest BCUT2D eigenvalue weighted by atomic mass is 9.44. The Labute approximate surface area is 166 Å². The smallest absolute Gasteiger partial charge is 0.306 e. The van der Waals surface area contributed by atoms with Gasteiger partial charge in [-0.2, -0.15) is 0 Å². The summed E-state index contributed by atoms with van der Waals surface area (Å²) in [4.78, 5) is 11.4. The summed E-state index contributed by atoms with van der Waals surface area (Å²) in [5, 5.41) is 9.36. The molecule has 2 unspecified atom stereocenters. The lowest BCUT2D eigenvalue weighted by molar-refractivity contribution is -0.142. The molecule has 154 valence electrons. The molecule has 0 heterocycles. The Morgan fingerprint density at radius 2 is 1.67 bits per heavy atom. The maximum absolute atomic E-state index is 11.4. The van der Waals surface area contributed by atoms with Gasteiger partial charge >= 0.3 is 5.97 Å². The summed E-state index contributed by atoms with van der Waals surface area (Å²) in [5.41, 5.74) is 1.10. The first kappa shape index (κ1) is 19.8. The lowest BCUT2D eigenvalue weighted by Crippen LogP contribution is -2.53. The van der Waals surface area contributed by atoms with Crippen molar-refractivity contribution in [2.24, 2.45) is 52.3 Å². The van der Waals surface area contributed by atoms with E-state index in [0.29, 0.717) is 16.7 Å². The van der Waals surface area contributed by atoms with Gasteiger partial charge in [0, 0.05) is 0 Å². The van der Waals surface area contributed by atoms with E-state index in [4.69, 9.17) is 0 Å². The third-order valence-electron chi connectivity index (χ3n) is 10.5. The van der Waals surface area contributed by atoms with Crippen LogP contribution in [0.5, 0.6) is 0 Å². The predicted molar refractivity (Wildman–Crippen MR) is 110 cm³/mol. The number of carboxylic acids is 1. The van der Waals surface area contributed by atoms with Gasteiger partial charge in [-0.3, -0.25) is 4.79 Å². The Bertz CT molecular complexity index is 571. The monoisotopic (exact) mass is 374 g/mol. The first-order valence-electron chi connectivity index (χ1n) is 12.0. The molecule has 4 fully saturated rings. The van der Waals surface area contributed by atoms with Crippen LogP contribution in [0, 0.1) is 52.3 Å². The average Bonchev–Trinajstić information content (AvgIpc) is 2.98. The zero-order valence-electron chi connectivity index (χ0n) is 18.2. The third-order valence-corrected chi connectivity index (χ3v) is 10.5. The van der Waals surface area contributed by atoms with Crippen LogP contribution in [-0.2, 0) is 4.79 Å². The fourth-order valence-corrected chi connectivity index (χ4v) is 9.09. The van der Waals surface area contributed by atoms with Crippen molar-refractivity contribution in [3.8, 4) is 0 Å². The summed E-state index contributed by atoms with van der Waals surface area (Å²) in [6.07, 6.45) is 15.3. The van der Waals surface area contributed by atoms with Crippen molar-refractivity contribution in [3.63, 3.8) is 0 Å². The fourth-order valence-electron chi connectivity index (χ4n) is 9.09. The van der Waals surface area contributed by atoms with Gasteiger partial charge in [-0.1, -0.05) is 40.5 Å². The molecule has 0 aliphatic heterocycles. The molecule has 27 heavy (non-hydrogen) atoms. The molecule has 0 aromatic heterocycles. The summed E-state index contributed by atoms with van der Waals surface area (Å²) in [6.45, 7) is 9.52. The second-order valence-electron chi connectivity index (χ2n) is 11.6. The number of carbonyl (C=O) groups is 1. The highest BCUT2D eigenvalue weighted by Gasteiger charge is 2.60. The van der Waals surface area contributed by atoms with E-state index >= 15 is 0 Å². The normalized spacial score (nSPS) is 48.8. The van der Waals surface area contributed by atoms with Gasteiger partial charge in [0.1, 0.15) is 0 Å². The van der Waals surface area contributed by atoms with Crippen LogP contribution in [0.4, 0.5) is 0 Å². The van der Waals surface area contributed by atoms with Crippen LogP contribution in [-0.4, -0.2) is 11.1 Å². The minimum Gasteiger partial charge on any atom is -0.481 e. The number of aliphatic carboxylic acids is 1. The molecule has 0 aromatic carbocycles. The maximum atomic E-state index is 11.4. The number of fused-ring (bicyclic) bond motifs is 5. The van der Waals surface area contributed by atoms with E-state index in [1.54, 1.807) is 0 Å². The highest BCUT2D eigenvalue weighted by atomic mass is 16.4. The molecule has 0 aromatic rings. The largest absolute Gasteiger partial charge is 0.481 e. The molecule has 9 atom stereocenters. The Morgan fingerprint density at radius 1 is 0.926 bits per heavy atom. The minimum atomic E-state index is -0.617. The van der Waals surface area contributed by atoms with Crippen molar-refractivity contribution in [1.82, 2.24) is 0 Å². The highest BCUT2D eigenvalue weighted by Crippen LogP contribution is 2.68. The van der Waals surface area contributed by atoms with Gasteiger partial charge in [-0.25, -0.2) is 0 Å². The second-order valence-corrected chi connectivity index (χ2v) is 11.6. The number of carboxylic acid groups (broad SMARTS) is 1. The van der Waals surface area contributed by atoms with Gasteiger partial charge in [0.15, 0.2) is 0 Å². The van der Waals surface area contributed by atoms with Crippen LogP contribution in [0.2, 0.25) is 0 Å². The molecule has 2 nitrogen and oxygen atoms in total. The Hall–Kier alpha value is -0.530. The Morgan fingerprint density at radius 3 is 2.41 bits per heavy atom. The number of hydrogen-bond donors (Lipinski definition) is 1. The molecule has 4 aliphatic carbocycles. The van der Waals surface area contributed by atoms with E-state index in [9.17, 15) is 9.90 Å². The van der Waals surface area contributed by atoms with Crippen LogP contribution >= 0.6 is 0 Å². The van der Waals surface area contributed by atoms with Gasteiger partial charge in [-0.05, 0) is 104 Å². The van der Waals surface area contributed by atoms with Crippen LogP contribution in [0.1, 0.15) is 98.3 Å². The van der Waals surface area contributed by atoms with E-state index in [2.05, 4.69) is 20.8 Å². The molecular weight excluding hydrogens is 332 g/mol. The second kappa shape index (κ2) is 7.06. The van der Waals surface area contributed by atoms with Crippen molar-refractivity contribution in [1.29, 1.82) is 0 Å². The topological polar surface area (TPSA) is 37.3 Å².